The number of carbonyl (C=O) groups excluding carboxylic acids is 1. The minimum Gasteiger partial charge on any atom is -0.497 e. The fraction of sp³-hybridized carbons (Fsp3) is 0.743. The normalized spacial score (nSPS) is 20.3. The van der Waals surface area contributed by atoms with Gasteiger partial charge in [0.2, 0.25) is 0 Å². The Morgan fingerprint density at radius 3 is 1.29 bits per heavy atom. The van der Waals surface area contributed by atoms with Crippen LogP contribution in [0.2, 0.25) is 72.5 Å². The van der Waals surface area contributed by atoms with Crippen molar-refractivity contribution in [3.05, 3.63) is 66.6 Å². The van der Waals surface area contributed by atoms with Gasteiger partial charge in [-0.3, -0.25) is 0 Å². The van der Waals surface area contributed by atoms with Crippen LogP contribution in [-0.2, 0) is 64.1 Å². The van der Waals surface area contributed by atoms with Crippen molar-refractivity contribution >= 4 is 39.6 Å². The van der Waals surface area contributed by atoms with Gasteiger partial charge in [-0.2, -0.15) is 6.42 Å². The molecule has 4 rings (SSSR count). The van der Waals surface area contributed by atoms with Crippen molar-refractivity contribution < 1.29 is 84.4 Å². The summed E-state index contributed by atoms with van der Waals surface area (Å²) in [6, 6.07) is 15.6. The summed E-state index contributed by atoms with van der Waals surface area (Å²) >= 11 is 0. The summed E-state index contributed by atoms with van der Waals surface area (Å²) in [4.78, 5) is 11.0. The maximum Gasteiger partial charge on any atom is 1.00 e. The van der Waals surface area contributed by atoms with E-state index in [1.165, 1.54) is 6.42 Å². The maximum atomic E-state index is 11.3. The third kappa shape index (κ3) is 30.0. The van der Waals surface area contributed by atoms with Crippen molar-refractivity contribution in [2.24, 2.45) is 0 Å². The van der Waals surface area contributed by atoms with Crippen molar-refractivity contribution in [1.82, 2.24) is 0 Å². The number of carbonyl (C=O) groups is 1. The van der Waals surface area contributed by atoms with Crippen LogP contribution in [-0.4, -0.2) is 139 Å². The fourth-order valence-electron chi connectivity index (χ4n) is 7.93. The molecule has 2 aromatic carbocycles. The summed E-state index contributed by atoms with van der Waals surface area (Å²) in [5, 5.41) is 11.8. The zero-order valence-electron chi connectivity index (χ0n) is 61.6. The van der Waals surface area contributed by atoms with Crippen molar-refractivity contribution in [3.63, 3.8) is 0 Å². The molecule has 19 heteroatoms. The first-order valence-electron chi connectivity index (χ1n) is 31.8. The van der Waals surface area contributed by atoms with E-state index in [2.05, 4.69) is 167 Å². The molecule has 2 aliphatic heterocycles. The molecule has 2 aromatic rings. The Bertz CT molecular complexity index is 2420. The number of rotatable bonds is 25. The third-order valence-corrected chi connectivity index (χ3v) is 35.9. The molecule has 89 heavy (non-hydrogen) atoms. The van der Waals surface area contributed by atoms with Gasteiger partial charge in [0.15, 0.2) is 51.1 Å². The molecule has 506 valence electrons. The first-order valence-corrected chi connectivity index (χ1v) is 43.5. The molecule has 1 unspecified atom stereocenters. The van der Waals surface area contributed by atoms with Crippen LogP contribution >= 0.6 is 0 Å². The van der Waals surface area contributed by atoms with E-state index in [1.54, 1.807) is 14.2 Å². The van der Waals surface area contributed by atoms with E-state index in [1.807, 2.05) is 90.1 Å². The Kier molecular flexibility index (Phi) is 36.3. The minimum atomic E-state index is -2.09. The standard InChI is InChI=1S/C33H58O7Si2.C19H30O3Si.C14H28O4Si.C4H9.Li/c1-24(40-42(13,14)32(5,6)7)28(36-23-25-15-17-26(35-10)18-16-25)20-19-27(34)30-29(38-33(8,9)39-30)21-22-37-41(11,12)31(2,3)4;1-9-18(15(2)22-23(7,8)19(3,4)5)21-14-16-10-12-17(20-6)13-11-16;1-13(2,3)19(6,7)16-9-8-11-12(10-15)18-14(4,5)17-11;1-3-4-2;/h15-18,24,27-30,34H,21-23H2,1-14H3;1,10-13,15,18H,14H2,2-8H3;10-12H,8-9H2,1-7H3;1,3-4H2,2H3;/q;;;-1;+1/t24-,27?,28+,29-,30+;15-,18+;11-,12+;;/m000../s1. The molecule has 14 nitrogen and oxygen atoms in total. The Morgan fingerprint density at radius 1 is 0.596 bits per heavy atom. The van der Waals surface area contributed by atoms with Gasteiger partial charge in [0.05, 0.1) is 51.8 Å². The van der Waals surface area contributed by atoms with Crippen molar-refractivity contribution in [3.8, 4) is 35.7 Å². The predicted octanol–water partition coefficient (Wildman–Crippen LogP) is 13.7. The van der Waals surface area contributed by atoms with Crippen LogP contribution in [0.15, 0.2) is 48.5 Å². The summed E-state index contributed by atoms with van der Waals surface area (Å²) in [7, 11) is -4.28. The molecule has 0 aliphatic carbocycles. The number of unbranched alkanes of at least 4 members (excludes halogenated alkanes) is 1. The van der Waals surface area contributed by atoms with Crippen molar-refractivity contribution in [1.29, 1.82) is 0 Å². The number of ether oxygens (including phenoxy) is 8. The van der Waals surface area contributed by atoms with Gasteiger partial charge in [0.1, 0.15) is 42.0 Å². The van der Waals surface area contributed by atoms with E-state index in [4.69, 9.17) is 62.0 Å². The van der Waals surface area contributed by atoms with Crippen LogP contribution in [0.4, 0.5) is 0 Å². The average Bonchev–Trinajstić information content (AvgIpc) is 4.07. The van der Waals surface area contributed by atoms with Gasteiger partial charge in [0.25, 0.3) is 0 Å². The van der Waals surface area contributed by atoms with Crippen LogP contribution in [0.1, 0.15) is 168 Å². The van der Waals surface area contributed by atoms with Gasteiger partial charge < -0.3 is 72.4 Å². The summed E-state index contributed by atoms with van der Waals surface area (Å²) in [6.07, 6.45) is 6.06. The Hall–Kier alpha value is -2.15. The maximum absolute atomic E-state index is 11.3. The van der Waals surface area contributed by atoms with Gasteiger partial charge in [-0.05, 0) is 162 Å². The molecule has 9 atom stereocenters. The van der Waals surface area contributed by atoms with E-state index < -0.39 is 69.3 Å². The number of aldehydes is 1. The number of hydrogen-bond donors (Lipinski definition) is 1. The zero-order chi connectivity index (χ0) is 68.1. The number of methoxy groups -OCH3 is 2. The van der Waals surface area contributed by atoms with E-state index in [9.17, 15) is 9.90 Å². The zero-order valence-corrected chi connectivity index (χ0v) is 65.6. The van der Waals surface area contributed by atoms with Crippen molar-refractivity contribution in [2.75, 3.05) is 27.4 Å². The van der Waals surface area contributed by atoms with Gasteiger partial charge in [-0.1, -0.05) is 138 Å². The number of benzene rings is 2. The molecule has 0 amide bonds. The van der Waals surface area contributed by atoms with Crippen LogP contribution < -0.4 is 28.3 Å². The second kappa shape index (κ2) is 37.2. The average molecular weight is 1310 g/mol. The van der Waals surface area contributed by atoms with E-state index in [-0.39, 0.29) is 69.5 Å². The smallest absolute Gasteiger partial charge is 0.497 e. The van der Waals surface area contributed by atoms with Gasteiger partial charge in [0, 0.05) is 13.2 Å². The molecule has 0 radical (unpaired) electrons. The SMILES string of the molecule is C#C[C@@H](OCc1ccc(OC)cc1)[C@H](C)O[Si](C)(C)C(C)(C)C.CC1(C)O[C@@H](CCO[Si](C)(C)C(C)(C)C)[C@@H](C=O)O1.COc1ccc(CO[C@H](C#CC(O)[C@H]2OC(C)(C)O[C@H]2CCO[Si](C)(C)C(C)(C)C)[C@H](C)O[Si](C)(C)C(C)(C)C)cc1.[CH2-]CCC.[Li+]. The molecule has 0 saturated carbocycles. The van der Waals surface area contributed by atoms with E-state index in [0.29, 0.717) is 39.3 Å². The fourth-order valence-corrected chi connectivity index (χ4v) is 12.9. The second-order valence-corrected chi connectivity index (χ2v) is 49.4. The quantitative estimate of drug-likeness (QED) is 0.0435. The van der Waals surface area contributed by atoms with E-state index in [0.717, 1.165) is 35.3 Å². The van der Waals surface area contributed by atoms with Crippen molar-refractivity contribution in [2.45, 2.75) is 309 Å². The Morgan fingerprint density at radius 2 is 0.944 bits per heavy atom. The van der Waals surface area contributed by atoms with Crippen LogP contribution in [0.5, 0.6) is 11.5 Å². The molecule has 0 bridgehead atoms. The molecular weight excluding hydrogens is 1180 g/mol. The summed E-state index contributed by atoms with van der Waals surface area (Å²) in [5.74, 6) is 9.09. The Balaban J connectivity index is 0.00000138. The van der Waals surface area contributed by atoms with Gasteiger partial charge >= 0.3 is 18.9 Å². The Labute approximate surface area is 559 Å². The number of terminal acetylenes is 1. The third-order valence-electron chi connectivity index (χ3n) is 17.7. The molecule has 2 saturated heterocycles. The monoisotopic (exact) mass is 1310 g/mol. The largest absolute Gasteiger partial charge is 1.00 e. The summed E-state index contributed by atoms with van der Waals surface area (Å²) < 4.78 is 71.7. The molecule has 2 aliphatic rings. The second-order valence-electron chi connectivity index (χ2n) is 30.3. The molecule has 2 fully saturated rings. The summed E-state index contributed by atoms with van der Waals surface area (Å²) in [6.45, 7) is 63.5. The molecule has 0 aromatic heterocycles. The number of aliphatic hydroxyl groups excluding tert-OH is 1. The topological polar surface area (TPSA) is 148 Å². The van der Waals surface area contributed by atoms with Crippen LogP contribution in [0.3, 0.4) is 0 Å². The van der Waals surface area contributed by atoms with E-state index >= 15 is 0 Å². The molecule has 1 N–H and O–H groups in total. The van der Waals surface area contributed by atoms with Crippen LogP contribution in [0, 0.1) is 31.1 Å². The van der Waals surface area contributed by atoms with Gasteiger partial charge in [-0.25, -0.2) is 0 Å². The van der Waals surface area contributed by atoms with Crippen LogP contribution in [0.25, 0.3) is 0 Å². The summed E-state index contributed by atoms with van der Waals surface area (Å²) in [5.41, 5.74) is 2.06. The predicted molar refractivity (Wildman–Crippen MR) is 371 cm³/mol. The number of hydrogen-bond acceptors (Lipinski definition) is 14. The first-order chi connectivity index (χ1) is 40.1. The molecule has 2 heterocycles. The first kappa shape index (κ1) is 86.9. The minimum absolute atomic E-state index is 0. The molecule has 0 spiro atoms. The number of aliphatic hydroxyl groups is 1. The van der Waals surface area contributed by atoms with Gasteiger partial charge in [-0.15, -0.1) is 6.42 Å². The molecular formula is C70H125LiO14Si4.